The van der Waals surface area contributed by atoms with Crippen molar-refractivity contribution in [2.45, 2.75) is 13.3 Å². The number of carbonyl (C=O) groups is 2. The molecule has 0 atom stereocenters. The Balaban J connectivity index is 1.72. The predicted octanol–water partition coefficient (Wildman–Crippen LogP) is 6.10. The number of hydrogen-bond acceptors (Lipinski definition) is 3. The van der Waals surface area contributed by atoms with E-state index in [0.29, 0.717) is 34.4 Å². The normalized spacial score (nSPS) is 12.3. The van der Waals surface area contributed by atoms with E-state index in [1.54, 1.807) is 24.3 Å². The average molecular weight is 403 g/mol. The molecule has 31 heavy (non-hydrogen) atoms. The molecule has 0 unspecified atom stereocenters. The van der Waals surface area contributed by atoms with Crippen molar-refractivity contribution in [2.75, 3.05) is 5.32 Å². The third-order valence-corrected chi connectivity index (χ3v) is 5.86. The molecule has 0 spiro atoms. The van der Waals surface area contributed by atoms with Crippen molar-refractivity contribution in [3.8, 4) is 0 Å². The van der Waals surface area contributed by atoms with E-state index in [1.807, 2.05) is 61.5 Å². The van der Waals surface area contributed by atoms with Crippen LogP contribution in [0.2, 0.25) is 0 Å². The first kappa shape index (κ1) is 19.0. The van der Waals surface area contributed by atoms with Gasteiger partial charge in [0.2, 0.25) is 0 Å². The van der Waals surface area contributed by atoms with Gasteiger partial charge < -0.3 is 5.32 Å². The molecule has 150 valence electrons. The van der Waals surface area contributed by atoms with Crippen molar-refractivity contribution >= 4 is 22.9 Å². The molecule has 0 saturated heterocycles. The van der Waals surface area contributed by atoms with Crippen LogP contribution in [-0.2, 0) is 6.42 Å². The van der Waals surface area contributed by atoms with Gasteiger partial charge in [0.15, 0.2) is 11.6 Å². The number of benzene rings is 4. The zero-order chi connectivity index (χ0) is 21.4. The molecule has 1 aliphatic carbocycles. The van der Waals surface area contributed by atoms with Crippen LogP contribution >= 0.6 is 0 Å². The van der Waals surface area contributed by atoms with Crippen molar-refractivity contribution in [1.29, 1.82) is 0 Å². The Morgan fingerprint density at radius 2 is 1.23 bits per heavy atom. The van der Waals surface area contributed by atoms with Gasteiger partial charge in [0.1, 0.15) is 0 Å². The molecule has 1 N–H and O–H groups in total. The fourth-order valence-electron chi connectivity index (χ4n) is 4.28. The first-order valence-corrected chi connectivity index (χ1v) is 10.3. The summed E-state index contributed by atoms with van der Waals surface area (Å²) < 4.78 is 0. The average Bonchev–Trinajstić information content (AvgIpc) is 2.81. The van der Waals surface area contributed by atoms with Gasteiger partial charge in [-0.25, -0.2) is 0 Å². The molecule has 0 aliphatic heterocycles. The molecule has 3 heteroatoms. The zero-order valence-corrected chi connectivity index (χ0v) is 17.2. The number of ketones is 2. The molecule has 3 nitrogen and oxygen atoms in total. The van der Waals surface area contributed by atoms with Crippen LogP contribution in [0.5, 0.6) is 0 Å². The highest BCUT2D eigenvalue weighted by Crippen LogP contribution is 2.37. The fourth-order valence-corrected chi connectivity index (χ4v) is 4.28. The van der Waals surface area contributed by atoms with Gasteiger partial charge in [-0.15, -0.1) is 0 Å². The Kier molecular flexibility index (Phi) is 4.72. The lowest BCUT2D eigenvalue weighted by Gasteiger charge is -2.25. The predicted molar refractivity (Wildman–Crippen MR) is 123 cm³/mol. The minimum atomic E-state index is -0.113. The number of anilines is 2. The molecular formula is C28H21NO2. The Morgan fingerprint density at radius 3 is 1.87 bits per heavy atom. The third kappa shape index (κ3) is 3.34. The van der Waals surface area contributed by atoms with Crippen molar-refractivity contribution in [3.05, 3.63) is 130 Å². The smallest absolute Gasteiger partial charge is 0.196 e. The van der Waals surface area contributed by atoms with Crippen molar-refractivity contribution in [2.24, 2.45) is 0 Å². The lowest BCUT2D eigenvalue weighted by molar-refractivity contribution is 0.0979. The summed E-state index contributed by atoms with van der Waals surface area (Å²) in [4.78, 5) is 27.0. The Hall–Kier alpha value is -3.98. The van der Waals surface area contributed by atoms with Crippen molar-refractivity contribution < 1.29 is 9.59 Å². The quantitative estimate of drug-likeness (QED) is 0.394. The number of para-hydroxylation sites is 1. The van der Waals surface area contributed by atoms with Crippen LogP contribution in [0.4, 0.5) is 11.4 Å². The summed E-state index contributed by atoms with van der Waals surface area (Å²) in [6.07, 6.45) is 0.687. The Labute approximate surface area is 181 Å². The van der Waals surface area contributed by atoms with Crippen LogP contribution in [0, 0.1) is 6.92 Å². The van der Waals surface area contributed by atoms with Gasteiger partial charge in [-0.3, -0.25) is 9.59 Å². The van der Waals surface area contributed by atoms with Gasteiger partial charge in [-0.05, 0) is 48.2 Å². The van der Waals surface area contributed by atoms with E-state index in [9.17, 15) is 9.59 Å². The van der Waals surface area contributed by atoms with Gasteiger partial charge >= 0.3 is 0 Å². The Morgan fingerprint density at radius 1 is 0.677 bits per heavy atom. The van der Waals surface area contributed by atoms with E-state index in [1.165, 1.54) is 0 Å². The molecule has 0 aromatic heterocycles. The summed E-state index contributed by atoms with van der Waals surface area (Å²) in [5.41, 5.74) is 6.51. The lowest BCUT2D eigenvalue weighted by Crippen LogP contribution is -2.24. The number of rotatable bonds is 4. The van der Waals surface area contributed by atoms with Gasteiger partial charge in [0.25, 0.3) is 0 Å². The van der Waals surface area contributed by atoms with E-state index in [-0.39, 0.29) is 11.6 Å². The van der Waals surface area contributed by atoms with Gasteiger partial charge in [0.05, 0.1) is 11.3 Å². The maximum Gasteiger partial charge on any atom is 0.196 e. The summed E-state index contributed by atoms with van der Waals surface area (Å²) in [7, 11) is 0. The van der Waals surface area contributed by atoms with E-state index in [4.69, 9.17) is 0 Å². The van der Waals surface area contributed by atoms with Crippen LogP contribution in [0.1, 0.15) is 48.5 Å². The molecule has 4 aromatic carbocycles. The van der Waals surface area contributed by atoms with Crippen LogP contribution in [0.25, 0.3) is 0 Å². The van der Waals surface area contributed by atoms with E-state index in [0.717, 1.165) is 22.4 Å². The second kappa shape index (κ2) is 7.69. The number of nitrogens with one attached hydrogen (secondary N) is 1. The topological polar surface area (TPSA) is 46.2 Å². The molecule has 0 heterocycles. The molecule has 0 saturated carbocycles. The first-order valence-electron chi connectivity index (χ1n) is 10.3. The second-order valence-corrected chi connectivity index (χ2v) is 7.82. The van der Waals surface area contributed by atoms with E-state index < -0.39 is 0 Å². The SMILES string of the molecule is Cc1c(Cc2ccccc2)cc(Nc2ccccc2)c2c1C(=O)c1ccccc1C2=O. The fraction of sp³-hybridized carbons (Fsp3) is 0.0714. The molecule has 5 rings (SSSR count). The standard InChI is InChI=1S/C28H21NO2/c1-18-20(16-19-10-4-2-5-11-19)17-24(29-21-12-6-3-7-13-21)26-25(18)27(30)22-14-8-9-15-23(22)28(26)31/h2-15,17,29H,16H2,1H3. The number of carbonyl (C=O) groups excluding carboxylic acids is 2. The molecule has 0 bridgehead atoms. The first-order chi connectivity index (χ1) is 15.1. The summed E-state index contributed by atoms with van der Waals surface area (Å²) in [6.45, 7) is 1.95. The largest absolute Gasteiger partial charge is 0.355 e. The highest BCUT2D eigenvalue weighted by molar-refractivity contribution is 6.30. The minimum absolute atomic E-state index is 0.0891. The molecule has 1 aliphatic rings. The summed E-state index contributed by atoms with van der Waals surface area (Å²) in [5, 5.41) is 3.39. The van der Waals surface area contributed by atoms with Gasteiger partial charge in [0, 0.05) is 22.4 Å². The van der Waals surface area contributed by atoms with Crippen LogP contribution in [0.15, 0.2) is 91.0 Å². The number of fused-ring (bicyclic) bond motifs is 2. The zero-order valence-electron chi connectivity index (χ0n) is 17.2. The Bertz CT molecular complexity index is 1310. The minimum Gasteiger partial charge on any atom is -0.355 e. The molecular weight excluding hydrogens is 382 g/mol. The van der Waals surface area contributed by atoms with Crippen molar-refractivity contribution in [3.63, 3.8) is 0 Å². The van der Waals surface area contributed by atoms with Gasteiger partial charge in [-0.2, -0.15) is 0 Å². The second-order valence-electron chi connectivity index (χ2n) is 7.82. The van der Waals surface area contributed by atoms with Crippen LogP contribution < -0.4 is 5.32 Å². The lowest BCUT2D eigenvalue weighted by atomic mass is 9.79. The van der Waals surface area contributed by atoms with Gasteiger partial charge in [-0.1, -0.05) is 72.8 Å². The van der Waals surface area contributed by atoms with E-state index in [2.05, 4.69) is 17.4 Å². The van der Waals surface area contributed by atoms with Crippen LogP contribution in [0.3, 0.4) is 0 Å². The number of hydrogen-bond donors (Lipinski definition) is 1. The summed E-state index contributed by atoms with van der Waals surface area (Å²) >= 11 is 0. The highest BCUT2D eigenvalue weighted by atomic mass is 16.1. The molecule has 0 fully saturated rings. The maximum absolute atomic E-state index is 13.5. The molecule has 0 radical (unpaired) electrons. The monoisotopic (exact) mass is 403 g/mol. The highest BCUT2D eigenvalue weighted by Gasteiger charge is 2.34. The van der Waals surface area contributed by atoms with E-state index >= 15 is 0 Å². The molecule has 4 aromatic rings. The summed E-state index contributed by atoms with van der Waals surface area (Å²) in [6, 6.07) is 29.0. The summed E-state index contributed by atoms with van der Waals surface area (Å²) in [5.74, 6) is -0.202. The van der Waals surface area contributed by atoms with Crippen molar-refractivity contribution in [1.82, 2.24) is 0 Å². The molecule has 0 amide bonds. The maximum atomic E-state index is 13.5. The van der Waals surface area contributed by atoms with Crippen LogP contribution in [-0.4, -0.2) is 11.6 Å². The third-order valence-electron chi connectivity index (χ3n) is 5.86.